The molecule has 0 bridgehead atoms. The summed E-state index contributed by atoms with van der Waals surface area (Å²) < 4.78 is 5.92. The Hall–Kier alpha value is -3.61. The smallest absolute Gasteiger partial charge is 0.258 e. The summed E-state index contributed by atoms with van der Waals surface area (Å²) in [4.78, 5) is 41.1. The van der Waals surface area contributed by atoms with Crippen molar-refractivity contribution in [3.05, 3.63) is 83.9 Å². The number of ether oxygens (including phenoxy) is 1. The lowest BCUT2D eigenvalue weighted by molar-refractivity contribution is -0.130. The number of hydrogen-bond donors (Lipinski definition) is 1. The zero-order valence-corrected chi connectivity index (χ0v) is 18.8. The maximum absolute atomic E-state index is 13.2. The average molecular weight is 448 g/mol. The molecule has 4 rings (SSSR count). The molecule has 1 unspecified atom stereocenters. The van der Waals surface area contributed by atoms with Gasteiger partial charge in [-0.3, -0.25) is 19.7 Å². The second kappa shape index (κ2) is 10.3. The highest BCUT2D eigenvalue weighted by Gasteiger charge is 2.34. The van der Waals surface area contributed by atoms with Crippen molar-refractivity contribution in [2.24, 2.45) is 5.92 Å². The van der Waals surface area contributed by atoms with E-state index in [9.17, 15) is 14.4 Å². The summed E-state index contributed by atoms with van der Waals surface area (Å²) >= 11 is 0. The Morgan fingerprint density at radius 1 is 0.939 bits per heavy atom. The van der Waals surface area contributed by atoms with Crippen molar-refractivity contribution in [2.75, 3.05) is 19.6 Å². The van der Waals surface area contributed by atoms with Crippen molar-refractivity contribution in [3.8, 4) is 0 Å². The van der Waals surface area contributed by atoms with Crippen molar-refractivity contribution in [2.45, 2.75) is 32.4 Å². The quantitative estimate of drug-likeness (QED) is 0.658. The minimum absolute atomic E-state index is 0.122. The Balaban J connectivity index is 1.43. The van der Waals surface area contributed by atoms with Crippen LogP contribution in [0.5, 0.6) is 0 Å². The van der Waals surface area contributed by atoms with Crippen molar-refractivity contribution in [3.63, 3.8) is 0 Å². The van der Waals surface area contributed by atoms with Crippen LogP contribution in [-0.4, -0.2) is 53.3 Å². The lowest BCUT2D eigenvalue weighted by atomic mass is 9.93. The van der Waals surface area contributed by atoms with Crippen molar-refractivity contribution < 1.29 is 19.1 Å². The molecule has 0 saturated carbocycles. The summed E-state index contributed by atoms with van der Waals surface area (Å²) in [6.45, 7) is 3.78. The molecule has 33 heavy (non-hydrogen) atoms. The van der Waals surface area contributed by atoms with Gasteiger partial charge in [-0.1, -0.05) is 48.5 Å². The van der Waals surface area contributed by atoms with E-state index >= 15 is 0 Å². The summed E-state index contributed by atoms with van der Waals surface area (Å²) in [7, 11) is 0. The average Bonchev–Trinajstić information content (AvgIpc) is 3.26. The third kappa shape index (κ3) is 5.61. The lowest BCUT2D eigenvalue weighted by Gasteiger charge is -2.32. The van der Waals surface area contributed by atoms with Crippen LogP contribution >= 0.6 is 0 Å². The van der Waals surface area contributed by atoms with Crippen LogP contribution < -0.4 is 5.32 Å². The highest BCUT2D eigenvalue weighted by atomic mass is 16.5. The number of amides is 2. The van der Waals surface area contributed by atoms with Gasteiger partial charge in [0.2, 0.25) is 23.8 Å². The topological polar surface area (TPSA) is 79.0 Å². The van der Waals surface area contributed by atoms with E-state index in [1.807, 2.05) is 34.1 Å². The van der Waals surface area contributed by atoms with Gasteiger partial charge in [0, 0.05) is 37.7 Å². The number of Topliss-reactive ketones (excluding diaryl/α,β-unsaturated/α-hetero) is 1. The Morgan fingerprint density at radius 3 is 2.15 bits per heavy atom. The van der Waals surface area contributed by atoms with Crippen LogP contribution in [0.15, 0.2) is 72.7 Å². The molecule has 2 aromatic carbocycles. The molecule has 7 heteroatoms. The largest absolute Gasteiger partial charge is 0.446 e. The molecular weight excluding hydrogens is 418 g/mol. The van der Waals surface area contributed by atoms with E-state index in [1.165, 1.54) is 0 Å². The van der Waals surface area contributed by atoms with Crippen LogP contribution in [0.4, 0.5) is 0 Å². The van der Waals surface area contributed by atoms with E-state index in [1.54, 1.807) is 49.5 Å². The summed E-state index contributed by atoms with van der Waals surface area (Å²) in [5.41, 5.74) is 1.08. The second-order valence-corrected chi connectivity index (χ2v) is 8.49. The number of piperidine rings is 1. The number of carbonyl (C=O) groups is 3. The zero-order valence-electron chi connectivity index (χ0n) is 18.8. The number of carbonyl (C=O) groups excluding carboxylic acids is 3. The monoisotopic (exact) mass is 447 g/mol. The van der Waals surface area contributed by atoms with E-state index in [0.29, 0.717) is 23.6 Å². The first-order valence-corrected chi connectivity index (χ1v) is 11.4. The number of nitrogens with one attached hydrogen (secondary N) is 1. The molecule has 0 aliphatic carbocycles. The fraction of sp³-hybridized carbons (Fsp3) is 0.346. The first kappa shape index (κ1) is 22.6. The number of likely N-dealkylation sites (tertiary alicyclic amines) is 1. The molecule has 172 valence electrons. The van der Waals surface area contributed by atoms with Gasteiger partial charge in [-0.25, -0.2) is 0 Å². The van der Waals surface area contributed by atoms with Gasteiger partial charge in [0.05, 0.1) is 6.20 Å². The lowest BCUT2D eigenvalue weighted by Crippen LogP contribution is -2.39. The van der Waals surface area contributed by atoms with Crippen LogP contribution in [0.1, 0.15) is 46.9 Å². The first-order chi connectivity index (χ1) is 16.0. The summed E-state index contributed by atoms with van der Waals surface area (Å²) in [5.74, 6) is 0.430. The van der Waals surface area contributed by atoms with E-state index < -0.39 is 6.23 Å². The molecule has 2 heterocycles. The second-order valence-electron chi connectivity index (χ2n) is 8.49. The van der Waals surface area contributed by atoms with E-state index in [-0.39, 0.29) is 23.5 Å². The van der Waals surface area contributed by atoms with Crippen molar-refractivity contribution in [1.29, 1.82) is 0 Å². The summed E-state index contributed by atoms with van der Waals surface area (Å²) in [6, 6.07) is 17.9. The van der Waals surface area contributed by atoms with Gasteiger partial charge in [-0.05, 0) is 37.3 Å². The third-order valence-corrected chi connectivity index (χ3v) is 6.23. The van der Waals surface area contributed by atoms with E-state index in [0.717, 1.165) is 32.4 Å². The van der Waals surface area contributed by atoms with Crippen molar-refractivity contribution in [1.82, 2.24) is 15.1 Å². The molecular formula is C26H29N3O4. The van der Waals surface area contributed by atoms with Crippen LogP contribution in [-0.2, 0) is 9.53 Å². The molecule has 2 aliphatic heterocycles. The Labute approximate surface area is 194 Å². The van der Waals surface area contributed by atoms with Gasteiger partial charge >= 0.3 is 0 Å². The maximum atomic E-state index is 13.2. The minimum Gasteiger partial charge on any atom is -0.446 e. The van der Waals surface area contributed by atoms with Crippen LogP contribution in [0.3, 0.4) is 0 Å². The minimum atomic E-state index is -0.823. The Kier molecular flexibility index (Phi) is 7.07. The first-order valence-electron chi connectivity index (χ1n) is 11.4. The van der Waals surface area contributed by atoms with Crippen LogP contribution in [0.25, 0.3) is 0 Å². The van der Waals surface area contributed by atoms with Gasteiger partial charge in [0.25, 0.3) is 5.91 Å². The molecule has 2 amide bonds. The normalized spacial score (nSPS) is 18.5. The number of nitrogens with zero attached hydrogens (tertiary/aromatic N) is 2. The van der Waals surface area contributed by atoms with Gasteiger partial charge in [-0.15, -0.1) is 0 Å². The fourth-order valence-electron chi connectivity index (χ4n) is 4.27. The number of rotatable bonds is 7. The molecule has 0 spiro atoms. The Morgan fingerprint density at radius 2 is 1.55 bits per heavy atom. The van der Waals surface area contributed by atoms with E-state index in [4.69, 9.17) is 4.74 Å². The fourth-order valence-corrected chi connectivity index (χ4v) is 4.27. The number of benzene rings is 2. The predicted molar refractivity (Wildman–Crippen MR) is 124 cm³/mol. The Bertz CT molecular complexity index is 1010. The number of hydrogen-bond acceptors (Lipinski definition) is 5. The SMILES string of the molecule is CC(=O)N1CCC(CCN2C=C(NC(=O)c3ccccc3)OC2C(=O)c2ccccc2)CC1. The molecule has 2 aromatic rings. The standard InChI is InChI=1S/C26H29N3O4/c1-19(30)28-15-12-20(13-16-28)14-17-29-18-23(27-25(32)22-10-6-3-7-11-22)33-26(29)24(31)21-8-4-2-5-9-21/h2-11,18,20,26H,12-17H2,1H3,(H,27,32). The summed E-state index contributed by atoms with van der Waals surface area (Å²) in [5, 5.41) is 2.78. The summed E-state index contributed by atoms with van der Waals surface area (Å²) in [6.07, 6.45) is 3.68. The molecule has 1 saturated heterocycles. The maximum Gasteiger partial charge on any atom is 0.258 e. The molecule has 1 N–H and O–H groups in total. The third-order valence-electron chi connectivity index (χ3n) is 6.23. The van der Waals surface area contributed by atoms with Gasteiger partial charge < -0.3 is 14.5 Å². The molecule has 0 radical (unpaired) electrons. The van der Waals surface area contributed by atoms with E-state index in [2.05, 4.69) is 5.32 Å². The zero-order chi connectivity index (χ0) is 23.2. The van der Waals surface area contributed by atoms with Crippen molar-refractivity contribution >= 4 is 17.6 Å². The van der Waals surface area contributed by atoms with Gasteiger partial charge in [0.1, 0.15) is 0 Å². The van der Waals surface area contributed by atoms with Crippen LogP contribution in [0.2, 0.25) is 0 Å². The molecule has 0 aromatic heterocycles. The van der Waals surface area contributed by atoms with Gasteiger partial charge in [0.15, 0.2) is 0 Å². The van der Waals surface area contributed by atoms with Gasteiger partial charge in [-0.2, -0.15) is 0 Å². The highest BCUT2D eigenvalue weighted by molar-refractivity contribution is 6.00. The number of ketones is 1. The highest BCUT2D eigenvalue weighted by Crippen LogP contribution is 2.25. The molecule has 7 nitrogen and oxygen atoms in total. The predicted octanol–water partition coefficient (Wildman–Crippen LogP) is 3.41. The molecule has 1 atom stereocenters. The molecule has 1 fully saturated rings. The van der Waals surface area contributed by atoms with Crippen LogP contribution in [0, 0.1) is 5.92 Å². The molecule has 2 aliphatic rings.